The van der Waals surface area contributed by atoms with E-state index in [0.29, 0.717) is 24.0 Å². The molecule has 0 saturated heterocycles. The van der Waals surface area contributed by atoms with Crippen molar-refractivity contribution in [1.29, 1.82) is 0 Å². The van der Waals surface area contributed by atoms with Crippen LogP contribution in [0.25, 0.3) is 0 Å². The van der Waals surface area contributed by atoms with E-state index in [4.69, 9.17) is 10.6 Å². The summed E-state index contributed by atoms with van der Waals surface area (Å²) >= 11 is 0. The Morgan fingerprint density at radius 1 is 1.50 bits per heavy atom. The molecule has 1 aromatic rings. The van der Waals surface area contributed by atoms with Gasteiger partial charge in [0.05, 0.1) is 23.3 Å². The Bertz CT molecular complexity index is 380. The quantitative estimate of drug-likeness (QED) is 0.454. The summed E-state index contributed by atoms with van der Waals surface area (Å²) in [5, 5.41) is 10.6. The van der Waals surface area contributed by atoms with E-state index in [-0.39, 0.29) is 5.69 Å². The van der Waals surface area contributed by atoms with E-state index in [9.17, 15) is 10.1 Å². The van der Waals surface area contributed by atoms with Crippen LogP contribution in [0.1, 0.15) is 13.8 Å². The first kappa shape index (κ1) is 12.3. The number of nitro groups is 1. The number of ether oxygens (including phenoxy) is 1. The van der Waals surface area contributed by atoms with Crippen molar-refractivity contribution < 1.29 is 9.66 Å². The van der Waals surface area contributed by atoms with Gasteiger partial charge in [-0.25, -0.2) is 0 Å². The van der Waals surface area contributed by atoms with Crippen LogP contribution in [0.2, 0.25) is 0 Å². The first-order chi connectivity index (χ1) is 7.52. The Morgan fingerprint density at radius 3 is 2.69 bits per heavy atom. The lowest BCUT2D eigenvalue weighted by molar-refractivity contribution is -0.384. The van der Waals surface area contributed by atoms with Crippen LogP contribution in [0.4, 0.5) is 11.4 Å². The second kappa shape index (κ2) is 5.32. The van der Waals surface area contributed by atoms with Gasteiger partial charge < -0.3 is 10.2 Å². The van der Waals surface area contributed by atoms with Gasteiger partial charge in [0, 0.05) is 12.1 Å². The van der Waals surface area contributed by atoms with Gasteiger partial charge in [0.15, 0.2) is 0 Å². The third-order valence-electron chi connectivity index (χ3n) is 1.85. The van der Waals surface area contributed by atoms with E-state index in [2.05, 4.69) is 5.43 Å². The summed E-state index contributed by atoms with van der Waals surface area (Å²) < 4.78 is 5.40. The zero-order valence-electron chi connectivity index (χ0n) is 9.27. The summed E-state index contributed by atoms with van der Waals surface area (Å²) in [5.74, 6) is 6.01. The number of hydrazine groups is 1. The fraction of sp³-hybridized carbons (Fsp3) is 0.400. The van der Waals surface area contributed by atoms with Crippen molar-refractivity contribution in [2.24, 2.45) is 11.8 Å². The van der Waals surface area contributed by atoms with Gasteiger partial charge in [-0.1, -0.05) is 13.8 Å². The highest BCUT2D eigenvalue weighted by Gasteiger charge is 2.10. The molecule has 1 rings (SSSR count). The van der Waals surface area contributed by atoms with Crippen molar-refractivity contribution in [3.8, 4) is 5.75 Å². The van der Waals surface area contributed by atoms with E-state index in [0.717, 1.165) is 0 Å². The summed E-state index contributed by atoms with van der Waals surface area (Å²) in [4.78, 5) is 10.2. The average molecular weight is 225 g/mol. The molecule has 0 radical (unpaired) electrons. The number of nitro benzene ring substituents is 1. The van der Waals surface area contributed by atoms with Crippen LogP contribution < -0.4 is 16.0 Å². The second-order valence-electron chi connectivity index (χ2n) is 3.82. The van der Waals surface area contributed by atoms with E-state index in [1.165, 1.54) is 12.1 Å². The van der Waals surface area contributed by atoms with Crippen LogP contribution >= 0.6 is 0 Å². The zero-order valence-corrected chi connectivity index (χ0v) is 9.27. The minimum atomic E-state index is -0.483. The smallest absolute Gasteiger partial charge is 0.275 e. The maximum atomic E-state index is 10.6. The summed E-state index contributed by atoms with van der Waals surface area (Å²) in [5.41, 5.74) is 2.77. The molecule has 0 unspecified atom stereocenters. The van der Waals surface area contributed by atoms with Gasteiger partial charge in [0.25, 0.3) is 5.69 Å². The molecule has 0 fully saturated rings. The lowest BCUT2D eigenvalue weighted by Crippen LogP contribution is -2.09. The minimum Gasteiger partial charge on any atom is -0.493 e. The summed E-state index contributed by atoms with van der Waals surface area (Å²) in [6.45, 7) is 4.50. The third-order valence-corrected chi connectivity index (χ3v) is 1.85. The molecule has 0 aromatic heterocycles. The second-order valence-corrected chi connectivity index (χ2v) is 3.82. The van der Waals surface area contributed by atoms with Gasteiger partial charge in [0.2, 0.25) is 0 Å². The maximum absolute atomic E-state index is 10.6. The largest absolute Gasteiger partial charge is 0.493 e. The van der Waals surface area contributed by atoms with Gasteiger partial charge in [-0.05, 0) is 5.92 Å². The predicted octanol–water partition coefficient (Wildman–Crippen LogP) is 1.92. The SMILES string of the molecule is CC(C)COc1cc(NN)cc([N+](=O)[O-])c1. The highest BCUT2D eigenvalue weighted by atomic mass is 16.6. The van der Waals surface area contributed by atoms with Crippen LogP contribution in [-0.2, 0) is 0 Å². The molecule has 0 atom stereocenters. The molecule has 16 heavy (non-hydrogen) atoms. The Kier molecular flexibility index (Phi) is 4.07. The van der Waals surface area contributed by atoms with Crippen molar-refractivity contribution in [1.82, 2.24) is 0 Å². The van der Waals surface area contributed by atoms with Crippen molar-refractivity contribution in [2.45, 2.75) is 13.8 Å². The molecule has 3 N–H and O–H groups in total. The zero-order chi connectivity index (χ0) is 12.1. The van der Waals surface area contributed by atoms with Crippen molar-refractivity contribution in [3.05, 3.63) is 28.3 Å². The van der Waals surface area contributed by atoms with Crippen LogP contribution in [0.5, 0.6) is 5.75 Å². The molecule has 0 aliphatic carbocycles. The highest BCUT2D eigenvalue weighted by molar-refractivity contribution is 5.55. The lowest BCUT2D eigenvalue weighted by atomic mass is 10.2. The molecule has 0 spiro atoms. The minimum absolute atomic E-state index is 0.0470. The number of nitrogens with zero attached hydrogens (tertiary/aromatic N) is 1. The van der Waals surface area contributed by atoms with Crippen LogP contribution in [-0.4, -0.2) is 11.5 Å². The van der Waals surface area contributed by atoms with Crippen molar-refractivity contribution in [2.75, 3.05) is 12.0 Å². The normalized spacial score (nSPS) is 10.2. The van der Waals surface area contributed by atoms with E-state index < -0.39 is 4.92 Å². The Balaban J connectivity index is 2.90. The number of nitrogens with one attached hydrogen (secondary N) is 1. The Morgan fingerprint density at radius 2 is 2.19 bits per heavy atom. The van der Waals surface area contributed by atoms with Crippen LogP contribution in [0.15, 0.2) is 18.2 Å². The van der Waals surface area contributed by atoms with Crippen molar-refractivity contribution in [3.63, 3.8) is 0 Å². The fourth-order valence-electron chi connectivity index (χ4n) is 1.12. The number of rotatable bonds is 5. The number of nitrogens with two attached hydrogens (primary N) is 1. The molecule has 0 saturated carbocycles. The Hall–Kier alpha value is -1.82. The Labute approximate surface area is 93.5 Å². The summed E-state index contributed by atoms with van der Waals surface area (Å²) in [6.07, 6.45) is 0. The topological polar surface area (TPSA) is 90.4 Å². The van der Waals surface area contributed by atoms with Gasteiger partial charge in [-0.3, -0.25) is 16.0 Å². The molecular weight excluding hydrogens is 210 g/mol. The predicted molar refractivity (Wildman–Crippen MR) is 61.2 cm³/mol. The fourth-order valence-corrected chi connectivity index (χ4v) is 1.12. The maximum Gasteiger partial charge on any atom is 0.275 e. The van der Waals surface area contributed by atoms with Gasteiger partial charge >= 0.3 is 0 Å². The molecular formula is C10H15N3O3. The molecule has 1 aromatic carbocycles. The first-order valence-electron chi connectivity index (χ1n) is 4.92. The molecule has 0 heterocycles. The number of hydrogen-bond acceptors (Lipinski definition) is 5. The summed E-state index contributed by atoms with van der Waals surface area (Å²) in [6, 6.07) is 4.35. The van der Waals surface area contributed by atoms with Crippen molar-refractivity contribution >= 4 is 11.4 Å². The van der Waals surface area contributed by atoms with Gasteiger partial charge in [0.1, 0.15) is 5.75 Å². The lowest BCUT2D eigenvalue weighted by Gasteiger charge is -2.09. The molecule has 0 aliphatic heterocycles. The number of anilines is 1. The average Bonchev–Trinajstić information content (AvgIpc) is 2.25. The third kappa shape index (κ3) is 3.39. The number of hydrogen-bond donors (Lipinski definition) is 2. The molecule has 6 heteroatoms. The molecule has 0 amide bonds. The first-order valence-corrected chi connectivity index (χ1v) is 4.92. The van der Waals surface area contributed by atoms with E-state index in [1.807, 2.05) is 13.8 Å². The van der Waals surface area contributed by atoms with Gasteiger partial charge in [-0.15, -0.1) is 0 Å². The van der Waals surface area contributed by atoms with E-state index >= 15 is 0 Å². The molecule has 88 valence electrons. The standard InChI is InChI=1S/C10H15N3O3/c1-7(2)6-16-10-4-8(12-11)3-9(5-10)13(14)15/h3-5,7,12H,6,11H2,1-2H3. The van der Waals surface area contributed by atoms with E-state index in [1.54, 1.807) is 6.07 Å². The van der Waals surface area contributed by atoms with Crippen LogP contribution in [0, 0.1) is 16.0 Å². The molecule has 0 bridgehead atoms. The van der Waals surface area contributed by atoms with Gasteiger partial charge in [-0.2, -0.15) is 0 Å². The number of non-ortho nitro benzene ring substituents is 1. The number of benzene rings is 1. The molecule has 6 nitrogen and oxygen atoms in total. The monoisotopic (exact) mass is 225 g/mol. The molecule has 0 aliphatic rings. The summed E-state index contributed by atoms with van der Waals surface area (Å²) in [7, 11) is 0. The number of nitrogen functional groups attached to an aromatic ring is 1. The highest BCUT2D eigenvalue weighted by Crippen LogP contribution is 2.25. The van der Waals surface area contributed by atoms with Crippen LogP contribution in [0.3, 0.4) is 0 Å².